The minimum absolute atomic E-state index is 0.0860. The summed E-state index contributed by atoms with van der Waals surface area (Å²) in [6.07, 6.45) is 6.72. The number of para-hydroxylation sites is 1. The first kappa shape index (κ1) is 47.4. The molecule has 4 saturated heterocycles. The van der Waals surface area contributed by atoms with Gasteiger partial charge in [0, 0.05) is 106 Å². The van der Waals surface area contributed by atoms with E-state index in [0.29, 0.717) is 76.2 Å². The molecule has 4 aliphatic rings. The van der Waals surface area contributed by atoms with E-state index in [0.717, 1.165) is 73.4 Å². The third-order valence-electron chi connectivity index (χ3n) is 14.4. The average molecular weight is 1030 g/mol. The molecule has 0 bridgehead atoms. The summed E-state index contributed by atoms with van der Waals surface area (Å²) in [7, 11) is 0.635. The Balaban J connectivity index is 0.734. The number of pyridine rings is 1. The van der Waals surface area contributed by atoms with Gasteiger partial charge < -0.3 is 34.6 Å². The van der Waals surface area contributed by atoms with Crippen molar-refractivity contribution in [3.05, 3.63) is 87.5 Å². The number of hydrogen-bond acceptors (Lipinski definition) is 14. The van der Waals surface area contributed by atoms with Crippen LogP contribution in [-0.2, 0) is 32.4 Å². The first-order chi connectivity index (χ1) is 33.7. The number of carbonyl (C=O) groups is 3. The number of hydrogen-bond donors (Lipinski definition) is 3. The molecule has 3 aromatic carbocycles. The molecule has 3 amide bonds. The van der Waals surface area contributed by atoms with Crippen molar-refractivity contribution < 1.29 is 23.7 Å². The highest BCUT2D eigenvalue weighted by Gasteiger charge is 2.38. The van der Waals surface area contributed by atoms with Crippen LogP contribution < -0.4 is 41.5 Å². The molecule has 6 aromatic rings. The van der Waals surface area contributed by atoms with Crippen molar-refractivity contribution in [2.45, 2.75) is 51.1 Å². The third kappa shape index (κ3) is 9.03. The predicted molar refractivity (Wildman–Crippen MR) is 277 cm³/mol. The minimum Gasteiger partial charge on any atom is -0.494 e. The Hall–Kier alpha value is -6.30. The second-order valence-corrected chi connectivity index (χ2v) is 23.1. The molecule has 0 aliphatic carbocycles. The standard InChI is InChI=1S/C50H58BrN12O6P/c1-6-30-23-37(55-49-53-26-35(51)46(57-49)54-38-27-52-36-10-8-7-9-34(36)45(38)70(4,5)68)43(69-3)25-41(30)60-17-15-32(16-18-60)59-19-21-61(22-20-59)48(66)31-28-62(29-31)33-11-12-39-42(24-33)58(2)50(67)63(39)40-13-14-44(64)56-47(40)65/h7-12,23-27,31-32,40H,6,13-22,28-29H2,1-5H3,(H,56,64,65)(H2,53,54,55,57). The molecule has 70 heavy (non-hydrogen) atoms. The fourth-order valence-electron chi connectivity index (χ4n) is 10.7. The third-order valence-corrected chi connectivity index (χ3v) is 16.6. The number of fused-ring (bicyclic) bond motifs is 2. The maximum absolute atomic E-state index is 13.7. The van der Waals surface area contributed by atoms with Crippen molar-refractivity contribution >= 4 is 103 Å². The molecule has 4 fully saturated rings. The molecule has 4 aliphatic heterocycles. The first-order valence-electron chi connectivity index (χ1n) is 24.0. The van der Waals surface area contributed by atoms with Gasteiger partial charge in [-0.2, -0.15) is 4.98 Å². The van der Waals surface area contributed by atoms with Crippen LogP contribution in [-0.4, -0.2) is 130 Å². The monoisotopic (exact) mass is 1030 g/mol. The van der Waals surface area contributed by atoms with Gasteiger partial charge in [-0.05, 0) is 90.8 Å². The first-order valence-corrected chi connectivity index (χ1v) is 27.4. The summed E-state index contributed by atoms with van der Waals surface area (Å²) in [4.78, 5) is 74.6. The lowest BCUT2D eigenvalue weighted by Gasteiger charge is -2.46. The number of nitrogens with zero attached hydrogens (tertiary/aromatic N) is 9. The average Bonchev–Trinajstić information content (AvgIpc) is 3.58. The molecule has 3 aromatic heterocycles. The van der Waals surface area contributed by atoms with Crippen LogP contribution in [0.2, 0.25) is 0 Å². The molecule has 3 N–H and O–H groups in total. The zero-order valence-corrected chi connectivity index (χ0v) is 42.6. The number of piperazine rings is 1. The van der Waals surface area contributed by atoms with Crippen LogP contribution in [0, 0.1) is 5.92 Å². The number of aryl methyl sites for hydroxylation is 2. The Morgan fingerprint density at radius 2 is 1.64 bits per heavy atom. The number of benzene rings is 3. The van der Waals surface area contributed by atoms with Gasteiger partial charge >= 0.3 is 5.69 Å². The minimum atomic E-state index is -2.73. The molecule has 20 heteroatoms. The van der Waals surface area contributed by atoms with Crippen LogP contribution in [0.4, 0.5) is 34.5 Å². The fraction of sp³-hybridized carbons (Fsp3) is 0.420. The van der Waals surface area contributed by atoms with E-state index in [1.165, 1.54) is 10.1 Å². The van der Waals surface area contributed by atoms with E-state index in [1.807, 2.05) is 47.4 Å². The smallest absolute Gasteiger partial charge is 0.329 e. The van der Waals surface area contributed by atoms with Gasteiger partial charge in [0.2, 0.25) is 23.7 Å². The van der Waals surface area contributed by atoms with Gasteiger partial charge in [0.15, 0.2) is 0 Å². The van der Waals surface area contributed by atoms with E-state index in [2.05, 4.69) is 75.6 Å². The number of imidazole rings is 1. The van der Waals surface area contributed by atoms with Gasteiger partial charge in [0.1, 0.15) is 24.8 Å². The lowest BCUT2D eigenvalue weighted by atomic mass is 9.96. The van der Waals surface area contributed by atoms with Crippen LogP contribution in [0.3, 0.4) is 0 Å². The van der Waals surface area contributed by atoms with E-state index in [9.17, 15) is 23.7 Å². The number of carbonyl (C=O) groups excluding carboxylic acids is 3. The highest BCUT2D eigenvalue weighted by Crippen LogP contribution is 2.42. The summed E-state index contributed by atoms with van der Waals surface area (Å²) < 4.78 is 23.2. The topological polar surface area (TPSA) is 192 Å². The highest BCUT2D eigenvalue weighted by molar-refractivity contribution is 9.10. The quantitative estimate of drug-likeness (QED) is 0.0959. The fourth-order valence-corrected chi connectivity index (χ4v) is 12.4. The number of imide groups is 1. The number of rotatable bonds is 12. The lowest BCUT2D eigenvalue weighted by Crippen LogP contribution is -2.59. The van der Waals surface area contributed by atoms with Gasteiger partial charge in [-0.25, -0.2) is 9.78 Å². The molecular weight excluding hydrogens is 976 g/mol. The van der Waals surface area contributed by atoms with Crippen molar-refractivity contribution in [1.29, 1.82) is 0 Å². The Bertz CT molecular complexity index is 3150. The number of amides is 3. The molecule has 1 atom stereocenters. The Morgan fingerprint density at radius 1 is 0.886 bits per heavy atom. The van der Waals surface area contributed by atoms with Gasteiger partial charge in [-0.15, -0.1) is 0 Å². The molecule has 0 spiro atoms. The van der Waals surface area contributed by atoms with E-state index >= 15 is 0 Å². The van der Waals surface area contributed by atoms with E-state index in [1.54, 1.807) is 44.4 Å². The van der Waals surface area contributed by atoms with E-state index in [-0.39, 0.29) is 36.3 Å². The summed E-state index contributed by atoms with van der Waals surface area (Å²) in [5.74, 6) is 0.887. The number of halogens is 1. The molecule has 7 heterocycles. The Labute approximate surface area is 414 Å². The highest BCUT2D eigenvalue weighted by atomic mass is 79.9. The van der Waals surface area contributed by atoms with Crippen LogP contribution >= 0.6 is 23.1 Å². The van der Waals surface area contributed by atoms with Crippen molar-refractivity contribution in [2.75, 3.05) is 93.2 Å². The zero-order valence-electron chi connectivity index (χ0n) is 40.1. The summed E-state index contributed by atoms with van der Waals surface area (Å²) in [6.45, 7) is 11.8. The summed E-state index contributed by atoms with van der Waals surface area (Å²) in [6, 6.07) is 17.4. The maximum atomic E-state index is 13.7. The van der Waals surface area contributed by atoms with Crippen LogP contribution in [0.1, 0.15) is 44.2 Å². The number of nitrogens with one attached hydrogen (secondary N) is 3. The number of aromatic nitrogens is 5. The van der Waals surface area contributed by atoms with Crippen molar-refractivity contribution in [3.8, 4) is 5.75 Å². The maximum Gasteiger partial charge on any atom is 0.329 e. The molecule has 0 saturated carbocycles. The second kappa shape index (κ2) is 19.1. The largest absolute Gasteiger partial charge is 0.494 e. The number of ether oxygens (including phenoxy) is 1. The van der Waals surface area contributed by atoms with Gasteiger partial charge in [-0.1, -0.05) is 25.1 Å². The number of piperidine rings is 2. The van der Waals surface area contributed by atoms with Crippen LogP contribution in [0.15, 0.2) is 76.3 Å². The number of anilines is 6. The summed E-state index contributed by atoms with van der Waals surface area (Å²) in [5, 5.41) is 10.7. The molecule has 1 unspecified atom stereocenters. The van der Waals surface area contributed by atoms with Gasteiger partial charge in [0.25, 0.3) is 0 Å². The lowest BCUT2D eigenvalue weighted by molar-refractivity contribution is -0.138. The SMILES string of the molecule is CCc1cc(Nc2ncc(Br)c(Nc3cnc4ccccc4c3P(C)(C)=O)n2)c(OC)cc1N1CCC(N2CCN(C(=O)C3CN(c4ccc5c(c4)n(C)c(=O)n5C4CCC(=O)NC4=O)C3)CC2)CC1. The van der Waals surface area contributed by atoms with E-state index in [4.69, 9.17) is 9.72 Å². The van der Waals surface area contributed by atoms with Crippen LogP contribution in [0.5, 0.6) is 5.75 Å². The van der Waals surface area contributed by atoms with Gasteiger partial charge in [0.05, 0.1) is 51.6 Å². The second-order valence-electron chi connectivity index (χ2n) is 19.1. The van der Waals surface area contributed by atoms with Crippen molar-refractivity contribution in [2.24, 2.45) is 13.0 Å². The molecule has 18 nitrogen and oxygen atoms in total. The van der Waals surface area contributed by atoms with Crippen LogP contribution in [0.25, 0.3) is 21.9 Å². The van der Waals surface area contributed by atoms with Gasteiger partial charge in [-0.3, -0.25) is 38.7 Å². The summed E-state index contributed by atoms with van der Waals surface area (Å²) >= 11 is 3.60. The van der Waals surface area contributed by atoms with Crippen molar-refractivity contribution in [1.82, 2.24) is 39.2 Å². The van der Waals surface area contributed by atoms with E-state index < -0.39 is 19.1 Å². The van der Waals surface area contributed by atoms with Crippen molar-refractivity contribution in [3.63, 3.8) is 0 Å². The predicted octanol–water partition coefficient (Wildman–Crippen LogP) is 5.97. The zero-order chi connectivity index (χ0) is 49.0. The number of methoxy groups -OCH3 is 1. The molecule has 366 valence electrons. The Kier molecular flexibility index (Phi) is 12.9. The normalized spacial score (nSPS) is 18.6. The molecular formula is C50H58BrN12O6P. The molecule has 10 rings (SSSR count). The summed E-state index contributed by atoms with van der Waals surface area (Å²) in [5.41, 5.74) is 6.47. The Morgan fingerprint density at radius 3 is 2.36 bits per heavy atom. The molecule has 0 radical (unpaired) electrons.